The number of Topliss-reactive ketones (excluding diaryl/α,β-unsaturated/α-hetero) is 1. The summed E-state index contributed by atoms with van der Waals surface area (Å²) in [5.74, 6) is 1.16. The van der Waals surface area contributed by atoms with Crippen LogP contribution >= 0.6 is 23.1 Å². The number of nitrogens with zero attached hydrogens (tertiary/aromatic N) is 4. The first kappa shape index (κ1) is 22.5. The smallest absolute Gasteiger partial charge is 0.196 e. The first-order valence-electron chi connectivity index (χ1n) is 10.4. The average molecular weight is 467 g/mol. The molecule has 6 nitrogen and oxygen atoms in total. The first-order valence-corrected chi connectivity index (χ1v) is 12.3. The van der Waals surface area contributed by atoms with E-state index in [1.807, 2.05) is 72.3 Å². The van der Waals surface area contributed by atoms with Gasteiger partial charge < -0.3 is 9.30 Å². The average Bonchev–Trinajstić information content (AvgIpc) is 3.51. The van der Waals surface area contributed by atoms with Crippen LogP contribution in [0.3, 0.4) is 0 Å². The molecule has 166 valence electrons. The van der Waals surface area contributed by atoms with Gasteiger partial charge in [-0.25, -0.2) is 0 Å². The van der Waals surface area contributed by atoms with E-state index in [0.717, 1.165) is 33.3 Å². The molecule has 4 aromatic rings. The molecule has 0 N–H and O–H groups in total. The van der Waals surface area contributed by atoms with Gasteiger partial charge in [0.1, 0.15) is 0 Å². The number of methoxy groups -OCH3 is 1. The maximum absolute atomic E-state index is 13.1. The van der Waals surface area contributed by atoms with Gasteiger partial charge in [0.25, 0.3) is 0 Å². The molecule has 0 saturated heterocycles. The number of thiophene rings is 1. The van der Waals surface area contributed by atoms with Crippen LogP contribution in [0, 0.1) is 13.8 Å². The summed E-state index contributed by atoms with van der Waals surface area (Å²) in [5, 5.41) is 11.6. The van der Waals surface area contributed by atoms with Crippen LogP contribution < -0.4 is 0 Å². The van der Waals surface area contributed by atoms with E-state index in [1.165, 1.54) is 11.8 Å². The lowest BCUT2D eigenvalue weighted by Gasteiger charge is -2.17. The predicted octanol–water partition coefficient (Wildman–Crippen LogP) is 5.60. The summed E-state index contributed by atoms with van der Waals surface area (Å²) < 4.78 is 9.50. The van der Waals surface area contributed by atoms with Crippen molar-refractivity contribution in [3.05, 3.63) is 70.9 Å². The van der Waals surface area contributed by atoms with Gasteiger partial charge in [0.2, 0.25) is 0 Å². The number of rotatable bonds is 9. The topological polar surface area (TPSA) is 61.9 Å². The Morgan fingerprint density at radius 1 is 1.16 bits per heavy atom. The van der Waals surface area contributed by atoms with Crippen molar-refractivity contribution in [1.29, 1.82) is 0 Å². The highest BCUT2D eigenvalue weighted by molar-refractivity contribution is 7.99. The Bertz CT molecular complexity index is 1200. The van der Waals surface area contributed by atoms with Crippen molar-refractivity contribution in [3.63, 3.8) is 0 Å². The van der Waals surface area contributed by atoms with Gasteiger partial charge in [-0.05, 0) is 50.4 Å². The fraction of sp³-hybridized carbons (Fsp3) is 0.292. The minimum atomic E-state index is 0.0826. The van der Waals surface area contributed by atoms with Gasteiger partial charge in [-0.15, -0.1) is 21.5 Å². The summed E-state index contributed by atoms with van der Waals surface area (Å²) in [4.78, 5) is 14.2. The number of para-hydroxylation sites is 1. The van der Waals surface area contributed by atoms with Gasteiger partial charge in [0.05, 0.1) is 23.3 Å². The molecule has 1 aromatic carbocycles. The molecule has 0 aliphatic rings. The Balaban J connectivity index is 1.60. The number of ether oxygens (including phenoxy) is 1. The summed E-state index contributed by atoms with van der Waals surface area (Å²) in [6, 6.07) is 16.2. The quantitative estimate of drug-likeness (QED) is 0.237. The summed E-state index contributed by atoms with van der Waals surface area (Å²) in [6.07, 6.45) is 0. The van der Waals surface area contributed by atoms with E-state index in [-0.39, 0.29) is 11.8 Å². The molecule has 0 aliphatic carbocycles. The standard InChI is InChI=1S/C24H26N4O2S2/c1-16-13-20(18(3)27(16)17(2)14-30-4)21(29)15-32-24-26-25-23(22-11-8-12-31-22)28(24)19-9-6-5-7-10-19/h5-13,17H,14-15H2,1-4H3. The lowest BCUT2D eigenvalue weighted by Crippen LogP contribution is -2.14. The molecule has 0 aliphatic heterocycles. The van der Waals surface area contributed by atoms with Crippen LogP contribution in [-0.4, -0.2) is 44.6 Å². The SMILES string of the molecule is COCC(C)n1c(C)cc(C(=O)CSc2nnc(-c3cccs3)n2-c2ccccc2)c1C. The number of thioether (sulfide) groups is 1. The van der Waals surface area contributed by atoms with Gasteiger partial charge in [-0.3, -0.25) is 9.36 Å². The predicted molar refractivity (Wildman–Crippen MR) is 130 cm³/mol. The fourth-order valence-corrected chi connectivity index (χ4v) is 5.53. The van der Waals surface area contributed by atoms with Gasteiger partial charge in [0.15, 0.2) is 16.8 Å². The van der Waals surface area contributed by atoms with Crippen LogP contribution in [0.25, 0.3) is 16.4 Å². The van der Waals surface area contributed by atoms with Gasteiger partial charge in [0, 0.05) is 29.7 Å². The molecule has 8 heteroatoms. The Hall–Kier alpha value is -2.68. The van der Waals surface area contributed by atoms with E-state index in [1.54, 1.807) is 18.4 Å². The zero-order chi connectivity index (χ0) is 22.7. The fourth-order valence-electron chi connectivity index (χ4n) is 4.00. The third kappa shape index (κ3) is 4.44. The van der Waals surface area contributed by atoms with Crippen molar-refractivity contribution in [2.75, 3.05) is 19.5 Å². The van der Waals surface area contributed by atoms with E-state index < -0.39 is 0 Å². The van der Waals surface area contributed by atoms with E-state index in [2.05, 4.69) is 21.7 Å². The molecule has 4 rings (SSSR count). The van der Waals surface area contributed by atoms with Crippen molar-refractivity contribution in [2.24, 2.45) is 0 Å². The molecule has 0 radical (unpaired) electrons. The molecule has 0 fully saturated rings. The van der Waals surface area contributed by atoms with Gasteiger partial charge in [-0.2, -0.15) is 0 Å². The van der Waals surface area contributed by atoms with Crippen LogP contribution in [0.4, 0.5) is 0 Å². The van der Waals surface area contributed by atoms with E-state index >= 15 is 0 Å². The minimum absolute atomic E-state index is 0.0826. The molecule has 32 heavy (non-hydrogen) atoms. The van der Waals surface area contributed by atoms with Crippen LogP contribution in [-0.2, 0) is 4.74 Å². The van der Waals surface area contributed by atoms with Gasteiger partial charge in [-0.1, -0.05) is 36.0 Å². The monoisotopic (exact) mass is 466 g/mol. The number of aryl methyl sites for hydroxylation is 1. The molecule has 3 aromatic heterocycles. The molecular formula is C24H26N4O2S2. The summed E-state index contributed by atoms with van der Waals surface area (Å²) in [6.45, 7) is 6.73. The number of ketones is 1. The Labute approximate surface area is 196 Å². The van der Waals surface area contributed by atoms with Crippen LogP contribution in [0.5, 0.6) is 0 Å². The van der Waals surface area contributed by atoms with Crippen molar-refractivity contribution in [2.45, 2.75) is 32.0 Å². The Kier molecular flexibility index (Phi) is 6.93. The van der Waals surface area contributed by atoms with E-state index in [4.69, 9.17) is 4.74 Å². The Morgan fingerprint density at radius 2 is 1.94 bits per heavy atom. The number of hydrogen-bond acceptors (Lipinski definition) is 6. The van der Waals surface area contributed by atoms with Crippen LogP contribution in [0.2, 0.25) is 0 Å². The second-order valence-corrected chi connectivity index (χ2v) is 9.52. The first-order chi connectivity index (χ1) is 15.5. The minimum Gasteiger partial charge on any atom is -0.383 e. The molecule has 0 bridgehead atoms. The summed E-state index contributed by atoms with van der Waals surface area (Å²) >= 11 is 3.04. The van der Waals surface area contributed by atoms with Crippen molar-refractivity contribution >= 4 is 28.9 Å². The largest absolute Gasteiger partial charge is 0.383 e. The molecular weight excluding hydrogens is 440 g/mol. The van der Waals surface area contributed by atoms with E-state index in [0.29, 0.717) is 17.5 Å². The second kappa shape index (κ2) is 9.85. The molecule has 3 heterocycles. The third-order valence-electron chi connectivity index (χ3n) is 5.36. The number of carbonyl (C=O) groups excluding carboxylic acids is 1. The lowest BCUT2D eigenvalue weighted by molar-refractivity contribution is 0.102. The highest BCUT2D eigenvalue weighted by atomic mass is 32.2. The molecule has 0 amide bonds. The highest BCUT2D eigenvalue weighted by Crippen LogP contribution is 2.31. The zero-order valence-corrected chi connectivity index (χ0v) is 20.2. The Morgan fingerprint density at radius 3 is 2.62 bits per heavy atom. The summed E-state index contributed by atoms with van der Waals surface area (Å²) in [5.41, 5.74) is 3.76. The number of carbonyl (C=O) groups is 1. The summed E-state index contributed by atoms with van der Waals surface area (Å²) in [7, 11) is 1.70. The maximum Gasteiger partial charge on any atom is 0.196 e. The molecule has 1 unspecified atom stereocenters. The lowest BCUT2D eigenvalue weighted by atomic mass is 10.2. The maximum atomic E-state index is 13.1. The number of hydrogen-bond donors (Lipinski definition) is 0. The molecule has 0 spiro atoms. The van der Waals surface area contributed by atoms with E-state index in [9.17, 15) is 4.79 Å². The van der Waals surface area contributed by atoms with Crippen LogP contribution in [0.1, 0.15) is 34.7 Å². The number of aromatic nitrogens is 4. The van der Waals surface area contributed by atoms with Crippen molar-refractivity contribution < 1.29 is 9.53 Å². The number of benzene rings is 1. The normalized spacial score (nSPS) is 12.2. The second-order valence-electron chi connectivity index (χ2n) is 7.63. The zero-order valence-electron chi connectivity index (χ0n) is 18.6. The van der Waals surface area contributed by atoms with Gasteiger partial charge >= 0.3 is 0 Å². The molecule has 1 atom stereocenters. The van der Waals surface area contributed by atoms with Crippen molar-refractivity contribution in [1.82, 2.24) is 19.3 Å². The third-order valence-corrected chi connectivity index (χ3v) is 7.15. The highest BCUT2D eigenvalue weighted by Gasteiger charge is 2.21. The van der Waals surface area contributed by atoms with Crippen LogP contribution in [0.15, 0.2) is 59.1 Å². The van der Waals surface area contributed by atoms with Crippen molar-refractivity contribution in [3.8, 4) is 16.4 Å². The molecule has 0 saturated carbocycles.